The van der Waals surface area contributed by atoms with Crippen LogP contribution in [0.2, 0.25) is 5.02 Å². The van der Waals surface area contributed by atoms with Crippen LogP contribution in [0.3, 0.4) is 0 Å². The van der Waals surface area contributed by atoms with E-state index in [1.54, 1.807) is 6.20 Å². The van der Waals surface area contributed by atoms with Crippen LogP contribution in [0.15, 0.2) is 90.1 Å². The van der Waals surface area contributed by atoms with Gasteiger partial charge >= 0.3 is 0 Å². The van der Waals surface area contributed by atoms with Gasteiger partial charge in [0, 0.05) is 66.2 Å². The van der Waals surface area contributed by atoms with E-state index in [4.69, 9.17) is 16.6 Å². The van der Waals surface area contributed by atoms with Gasteiger partial charge in [0.25, 0.3) is 5.91 Å². The molecule has 38 heavy (non-hydrogen) atoms. The number of amides is 1. The molecule has 0 saturated carbocycles. The van der Waals surface area contributed by atoms with Gasteiger partial charge in [-0.1, -0.05) is 48.0 Å². The van der Waals surface area contributed by atoms with Crippen molar-refractivity contribution in [1.29, 1.82) is 0 Å². The van der Waals surface area contributed by atoms with Crippen LogP contribution in [0.25, 0.3) is 11.3 Å². The van der Waals surface area contributed by atoms with E-state index in [1.165, 1.54) is 24.1 Å². The van der Waals surface area contributed by atoms with Crippen LogP contribution >= 0.6 is 11.6 Å². The van der Waals surface area contributed by atoms with E-state index < -0.39 is 0 Å². The van der Waals surface area contributed by atoms with Crippen molar-refractivity contribution >= 4 is 34.6 Å². The van der Waals surface area contributed by atoms with Gasteiger partial charge in [0.15, 0.2) is 0 Å². The highest BCUT2D eigenvalue weighted by atomic mass is 35.5. The zero-order chi connectivity index (χ0) is 25.9. The second-order valence-corrected chi connectivity index (χ2v) is 10.4. The zero-order valence-corrected chi connectivity index (χ0v) is 21.9. The first-order chi connectivity index (χ1) is 18.6. The van der Waals surface area contributed by atoms with Gasteiger partial charge in [-0.05, 0) is 72.0 Å². The fourth-order valence-electron chi connectivity index (χ4n) is 5.24. The van der Waals surface area contributed by atoms with E-state index in [0.29, 0.717) is 18.5 Å². The highest BCUT2D eigenvalue weighted by molar-refractivity contribution is 6.31. The normalized spacial score (nSPS) is 14.3. The summed E-state index contributed by atoms with van der Waals surface area (Å²) < 4.78 is 0. The summed E-state index contributed by atoms with van der Waals surface area (Å²) in [4.78, 5) is 24.7. The van der Waals surface area contributed by atoms with Crippen molar-refractivity contribution in [2.75, 3.05) is 18.0 Å². The van der Waals surface area contributed by atoms with E-state index in [9.17, 15) is 4.79 Å². The van der Waals surface area contributed by atoms with Crippen LogP contribution in [0.5, 0.6) is 0 Å². The number of nitrogens with one attached hydrogen (secondary N) is 1. The summed E-state index contributed by atoms with van der Waals surface area (Å²) in [5.74, 6) is -0.122. The van der Waals surface area contributed by atoms with Crippen molar-refractivity contribution in [1.82, 2.24) is 10.3 Å². The molecule has 1 amide bonds. The maximum Gasteiger partial charge on any atom is 0.251 e. The minimum Gasteiger partial charge on any atom is -0.371 e. The number of nitrogens with zero attached hydrogens (tertiary/aromatic N) is 3. The number of pyridine rings is 1. The third-order valence-electron chi connectivity index (χ3n) is 7.26. The highest BCUT2D eigenvalue weighted by Gasteiger charge is 2.19. The van der Waals surface area contributed by atoms with Gasteiger partial charge in [-0.15, -0.1) is 0 Å². The molecule has 0 radical (unpaired) electrons. The van der Waals surface area contributed by atoms with Crippen LogP contribution in [0.4, 0.5) is 11.4 Å². The third-order valence-corrected chi connectivity index (χ3v) is 7.63. The molecule has 0 bridgehead atoms. The monoisotopic (exact) mass is 520 g/mol. The standard InChI is InChI=1S/C32H29ClN4O/c33-29-12-9-22(21-35-32(38)25-7-5-6-23(17-25)30-8-1-2-13-34-30)16-26(29)19-27-18-24-10-11-28(20-31(24)36-27)37-14-3-4-15-37/h1-2,5-13,16-17,20H,3-4,14-15,18-19,21H2,(H,35,38). The Bertz CT molecular complexity index is 1510. The number of carbonyl (C=O) groups is 1. The Morgan fingerprint density at radius 1 is 0.947 bits per heavy atom. The molecule has 1 N–H and O–H groups in total. The van der Waals surface area contributed by atoms with Gasteiger partial charge in [0.1, 0.15) is 0 Å². The van der Waals surface area contributed by atoms with Gasteiger partial charge in [-0.3, -0.25) is 14.8 Å². The number of hydrogen-bond donors (Lipinski definition) is 1. The lowest BCUT2D eigenvalue weighted by Gasteiger charge is -2.17. The Hall–Kier alpha value is -3.96. The number of aromatic nitrogens is 1. The molecule has 2 aliphatic rings. The maximum atomic E-state index is 12.9. The molecule has 3 heterocycles. The Balaban J connectivity index is 1.12. The van der Waals surface area contributed by atoms with Crippen molar-refractivity contribution in [3.63, 3.8) is 0 Å². The van der Waals surface area contributed by atoms with E-state index in [0.717, 1.165) is 58.3 Å². The average Bonchev–Trinajstić information content (AvgIpc) is 3.63. The first kappa shape index (κ1) is 24.4. The van der Waals surface area contributed by atoms with Crippen molar-refractivity contribution in [3.8, 4) is 11.3 Å². The minimum atomic E-state index is -0.122. The molecule has 6 rings (SSSR count). The fraction of sp³-hybridized carbons (Fsp3) is 0.219. The number of halogens is 1. The molecule has 6 heteroatoms. The molecular weight excluding hydrogens is 492 g/mol. The molecule has 5 nitrogen and oxygen atoms in total. The van der Waals surface area contributed by atoms with Crippen LogP contribution in [0, 0.1) is 0 Å². The summed E-state index contributed by atoms with van der Waals surface area (Å²) in [6, 6.07) is 25.9. The lowest BCUT2D eigenvalue weighted by molar-refractivity contribution is 0.0951. The number of aliphatic imine (C=N–C) groups is 1. The number of anilines is 1. The molecule has 0 atom stereocenters. The number of fused-ring (bicyclic) bond motifs is 1. The number of carbonyl (C=O) groups excluding carboxylic acids is 1. The van der Waals surface area contributed by atoms with Crippen molar-refractivity contribution in [2.45, 2.75) is 32.2 Å². The first-order valence-corrected chi connectivity index (χ1v) is 13.5. The van der Waals surface area contributed by atoms with Crippen molar-refractivity contribution in [3.05, 3.63) is 112 Å². The zero-order valence-electron chi connectivity index (χ0n) is 21.2. The topological polar surface area (TPSA) is 57.6 Å². The molecule has 0 unspecified atom stereocenters. The predicted molar refractivity (Wildman–Crippen MR) is 155 cm³/mol. The molecule has 0 aliphatic carbocycles. The lowest BCUT2D eigenvalue weighted by Crippen LogP contribution is -2.22. The summed E-state index contributed by atoms with van der Waals surface area (Å²) in [5, 5.41) is 3.77. The molecule has 4 aromatic rings. The van der Waals surface area contributed by atoms with Crippen LogP contribution < -0.4 is 10.2 Å². The minimum absolute atomic E-state index is 0.122. The van der Waals surface area contributed by atoms with Crippen LogP contribution in [-0.4, -0.2) is 29.7 Å². The quantitative estimate of drug-likeness (QED) is 0.291. The van der Waals surface area contributed by atoms with Crippen molar-refractivity contribution in [2.24, 2.45) is 4.99 Å². The molecule has 1 fully saturated rings. The highest BCUT2D eigenvalue weighted by Crippen LogP contribution is 2.33. The second-order valence-electron chi connectivity index (χ2n) is 9.94. The summed E-state index contributed by atoms with van der Waals surface area (Å²) in [5.41, 5.74) is 9.14. The van der Waals surface area contributed by atoms with E-state index in [2.05, 4.69) is 39.5 Å². The molecular formula is C32H29ClN4O. The Kier molecular flexibility index (Phi) is 6.93. The fourth-order valence-corrected chi connectivity index (χ4v) is 5.42. The summed E-state index contributed by atoms with van der Waals surface area (Å²) in [6.07, 6.45) is 5.82. The molecule has 2 aliphatic heterocycles. The Labute approximate surface area is 228 Å². The Morgan fingerprint density at radius 2 is 1.84 bits per heavy atom. The molecule has 0 spiro atoms. The van der Waals surface area contributed by atoms with E-state index >= 15 is 0 Å². The lowest BCUT2D eigenvalue weighted by atomic mass is 10.0. The van der Waals surface area contributed by atoms with E-state index in [-0.39, 0.29) is 5.91 Å². The smallest absolute Gasteiger partial charge is 0.251 e. The second kappa shape index (κ2) is 10.8. The summed E-state index contributed by atoms with van der Waals surface area (Å²) in [6.45, 7) is 2.68. The van der Waals surface area contributed by atoms with Gasteiger partial charge in [0.2, 0.25) is 0 Å². The number of benzene rings is 3. The third kappa shape index (κ3) is 5.34. The first-order valence-electron chi connectivity index (χ1n) is 13.1. The summed E-state index contributed by atoms with van der Waals surface area (Å²) >= 11 is 6.58. The molecule has 190 valence electrons. The molecule has 1 saturated heterocycles. The number of rotatable bonds is 7. The van der Waals surface area contributed by atoms with Gasteiger partial charge < -0.3 is 10.2 Å². The largest absolute Gasteiger partial charge is 0.371 e. The Morgan fingerprint density at radius 3 is 2.68 bits per heavy atom. The molecule has 3 aromatic carbocycles. The maximum absolute atomic E-state index is 12.9. The average molecular weight is 521 g/mol. The van der Waals surface area contributed by atoms with Gasteiger partial charge in [-0.25, -0.2) is 0 Å². The van der Waals surface area contributed by atoms with E-state index in [1.807, 2.05) is 54.6 Å². The van der Waals surface area contributed by atoms with Gasteiger partial charge in [-0.2, -0.15) is 0 Å². The van der Waals surface area contributed by atoms with Crippen LogP contribution in [0.1, 0.15) is 39.9 Å². The predicted octanol–water partition coefficient (Wildman–Crippen LogP) is 6.80. The van der Waals surface area contributed by atoms with Crippen LogP contribution in [-0.2, 0) is 19.4 Å². The van der Waals surface area contributed by atoms with Gasteiger partial charge in [0.05, 0.1) is 11.4 Å². The molecule has 1 aromatic heterocycles. The number of hydrogen-bond acceptors (Lipinski definition) is 4. The summed E-state index contributed by atoms with van der Waals surface area (Å²) in [7, 11) is 0. The van der Waals surface area contributed by atoms with Crippen molar-refractivity contribution < 1.29 is 4.79 Å². The SMILES string of the molecule is O=C(NCc1ccc(Cl)c(CC2=Nc3cc(N4CCCC4)ccc3C2)c1)c1cccc(-c2ccccn2)c1.